The molecule has 22 heavy (non-hydrogen) atoms. The van der Waals surface area contributed by atoms with E-state index in [1.54, 1.807) is 11.2 Å². The summed E-state index contributed by atoms with van der Waals surface area (Å²) in [6.07, 6.45) is 2.42. The highest BCUT2D eigenvalue weighted by atomic mass is 16.3. The molecule has 0 unspecified atom stereocenters. The number of amides is 1. The molecule has 110 valence electrons. The number of carbonyl (C=O) groups excluding carboxylic acids is 1. The Morgan fingerprint density at radius 1 is 0.955 bits per heavy atom. The van der Waals surface area contributed by atoms with E-state index in [2.05, 4.69) is 5.32 Å². The first-order valence-electron chi connectivity index (χ1n) is 7.02. The summed E-state index contributed by atoms with van der Waals surface area (Å²) >= 11 is 0. The van der Waals surface area contributed by atoms with Crippen molar-refractivity contribution in [3.8, 4) is 0 Å². The van der Waals surface area contributed by atoms with Crippen LogP contribution < -0.4 is 10.2 Å². The van der Waals surface area contributed by atoms with Gasteiger partial charge in [-0.2, -0.15) is 0 Å². The van der Waals surface area contributed by atoms with Gasteiger partial charge in [0.25, 0.3) is 0 Å². The van der Waals surface area contributed by atoms with Crippen LogP contribution in [0.25, 0.3) is 0 Å². The predicted octanol–water partition coefficient (Wildman–Crippen LogP) is 4.19. The van der Waals surface area contributed by atoms with Gasteiger partial charge in [0.2, 0.25) is 6.41 Å². The van der Waals surface area contributed by atoms with E-state index in [4.69, 9.17) is 4.42 Å². The van der Waals surface area contributed by atoms with Gasteiger partial charge in [0, 0.05) is 5.69 Å². The van der Waals surface area contributed by atoms with Crippen molar-refractivity contribution in [2.75, 3.05) is 10.2 Å². The van der Waals surface area contributed by atoms with E-state index in [0.717, 1.165) is 29.2 Å². The van der Waals surface area contributed by atoms with E-state index in [9.17, 15) is 4.79 Å². The number of anilines is 3. The number of hydrogen-bond acceptors (Lipinski definition) is 3. The summed E-state index contributed by atoms with van der Waals surface area (Å²) in [5.41, 5.74) is 2.64. The van der Waals surface area contributed by atoms with Gasteiger partial charge < -0.3 is 14.6 Å². The fourth-order valence-electron chi connectivity index (χ4n) is 2.26. The second-order valence-electron chi connectivity index (χ2n) is 4.82. The normalized spacial score (nSPS) is 10.2. The molecule has 0 fully saturated rings. The Balaban J connectivity index is 1.87. The first kappa shape index (κ1) is 13.9. The van der Waals surface area contributed by atoms with Crippen molar-refractivity contribution in [3.05, 3.63) is 78.8 Å². The summed E-state index contributed by atoms with van der Waals surface area (Å²) in [6.45, 7) is 0.393. The molecule has 2 aromatic carbocycles. The summed E-state index contributed by atoms with van der Waals surface area (Å²) < 4.78 is 5.32. The van der Waals surface area contributed by atoms with Gasteiger partial charge in [-0.15, -0.1) is 0 Å². The monoisotopic (exact) mass is 292 g/mol. The molecule has 0 radical (unpaired) electrons. The van der Waals surface area contributed by atoms with Gasteiger partial charge >= 0.3 is 0 Å². The second kappa shape index (κ2) is 6.63. The van der Waals surface area contributed by atoms with E-state index in [-0.39, 0.29) is 0 Å². The van der Waals surface area contributed by atoms with Gasteiger partial charge in [-0.1, -0.05) is 30.3 Å². The van der Waals surface area contributed by atoms with Crippen LogP contribution in [0.3, 0.4) is 0 Å². The van der Waals surface area contributed by atoms with Gasteiger partial charge in [0.05, 0.1) is 24.2 Å². The summed E-state index contributed by atoms with van der Waals surface area (Å²) in [4.78, 5) is 13.1. The number of para-hydroxylation sites is 3. The van der Waals surface area contributed by atoms with Gasteiger partial charge in [-0.05, 0) is 36.4 Å². The van der Waals surface area contributed by atoms with Crippen LogP contribution in [0.4, 0.5) is 17.1 Å². The minimum Gasteiger partial charge on any atom is -0.467 e. The zero-order valence-electron chi connectivity index (χ0n) is 12.0. The molecule has 0 saturated heterocycles. The third-order valence-electron chi connectivity index (χ3n) is 3.30. The smallest absolute Gasteiger partial charge is 0.214 e. The molecule has 0 saturated carbocycles. The maximum absolute atomic E-state index is 11.5. The molecular formula is C18H16N2O2. The zero-order chi connectivity index (χ0) is 15.2. The molecule has 4 heteroatoms. The van der Waals surface area contributed by atoms with Crippen LogP contribution in [-0.4, -0.2) is 6.41 Å². The summed E-state index contributed by atoms with van der Waals surface area (Å²) in [5, 5.41) is 3.34. The number of benzene rings is 2. The Bertz CT molecular complexity index is 724. The van der Waals surface area contributed by atoms with Crippen molar-refractivity contribution in [1.29, 1.82) is 0 Å². The molecule has 0 spiro atoms. The van der Waals surface area contributed by atoms with Crippen molar-refractivity contribution in [3.63, 3.8) is 0 Å². The van der Waals surface area contributed by atoms with E-state index in [0.29, 0.717) is 6.54 Å². The highest BCUT2D eigenvalue weighted by Crippen LogP contribution is 2.29. The fraction of sp³-hybridized carbons (Fsp3) is 0.0556. The highest BCUT2D eigenvalue weighted by molar-refractivity contribution is 5.85. The van der Waals surface area contributed by atoms with Gasteiger partial charge in [0.1, 0.15) is 5.76 Å². The minimum absolute atomic E-state index is 0.393. The Labute approximate surface area is 129 Å². The Kier molecular flexibility index (Phi) is 4.20. The maximum atomic E-state index is 11.5. The van der Waals surface area contributed by atoms with Crippen LogP contribution in [0.1, 0.15) is 5.76 Å². The first-order chi connectivity index (χ1) is 10.9. The fourth-order valence-corrected chi connectivity index (χ4v) is 2.26. The summed E-state index contributed by atoms with van der Waals surface area (Å²) in [6, 6.07) is 21.2. The Morgan fingerprint density at radius 3 is 2.45 bits per heavy atom. The molecule has 1 aromatic heterocycles. The molecule has 0 aliphatic heterocycles. The van der Waals surface area contributed by atoms with Crippen LogP contribution in [0.15, 0.2) is 77.4 Å². The lowest BCUT2D eigenvalue weighted by molar-refractivity contribution is -0.107. The lowest BCUT2D eigenvalue weighted by Gasteiger charge is -2.20. The molecule has 1 amide bonds. The van der Waals surface area contributed by atoms with Crippen LogP contribution in [-0.2, 0) is 11.3 Å². The number of carbonyl (C=O) groups is 1. The van der Waals surface area contributed by atoms with E-state index >= 15 is 0 Å². The Hall–Kier alpha value is -3.01. The lowest BCUT2D eigenvalue weighted by Crippen LogP contribution is -2.21. The van der Waals surface area contributed by atoms with Gasteiger partial charge in [0.15, 0.2) is 0 Å². The number of furan rings is 1. The van der Waals surface area contributed by atoms with Crippen LogP contribution in [0, 0.1) is 0 Å². The molecule has 4 nitrogen and oxygen atoms in total. The molecule has 0 bridgehead atoms. The summed E-state index contributed by atoms with van der Waals surface area (Å²) in [5.74, 6) is 0.738. The van der Waals surface area contributed by atoms with Crippen molar-refractivity contribution >= 4 is 23.5 Å². The first-order valence-corrected chi connectivity index (χ1v) is 7.02. The van der Waals surface area contributed by atoms with Crippen LogP contribution >= 0.6 is 0 Å². The Morgan fingerprint density at radius 2 is 1.73 bits per heavy atom. The summed E-state index contributed by atoms with van der Waals surface area (Å²) in [7, 11) is 0. The van der Waals surface area contributed by atoms with Crippen LogP contribution in [0.2, 0.25) is 0 Å². The minimum atomic E-state index is 0.393. The average molecular weight is 292 g/mol. The lowest BCUT2D eigenvalue weighted by atomic mass is 10.2. The second-order valence-corrected chi connectivity index (χ2v) is 4.82. The zero-order valence-corrected chi connectivity index (χ0v) is 12.0. The average Bonchev–Trinajstić information content (AvgIpc) is 3.07. The van der Waals surface area contributed by atoms with E-state index < -0.39 is 0 Å². The van der Waals surface area contributed by atoms with Crippen molar-refractivity contribution < 1.29 is 9.21 Å². The number of hydrogen-bond donors (Lipinski definition) is 1. The quantitative estimate of drug-likeness (QED) is 0.693. The van der Waals surface area contributed by atoms with Crippen molar-refractivity contribution in [2.45, 2.75) is 6.54 Å². The largest absolute Gasteiger partial charge is 0.467 e. The molecule has 1 N–H and O–H groups in total. The molecule has 0 aliphatic rings. The molecule has 0 aliphatic carbocycles. The predicted molar refractivity (Wildman–Crippen MR) is 87.1 cm³/mol. The number of nitrogens with one attached hydrogen (secondary N) is 1. The van der Waals surface area contributed by atoms with E-state index in [1.807, 2.05) is 66.7 Å². The van der Waals surface area contributed by atoms with Crippen LogP contribution in [0.5, 0.6) is 0 Å². The third kappa shape index (κ3) is 3.17. The standard InChI is InChI=1S/C18H16N2O2/c21-14-20(13-16-9-6-12-22-16)18-11-5-4-10-17(18)19-15-7-2-1-3-8-15/h1-12,14,19H,13H2. The third-order valence-corrected chi connectivity index (χ3v) is 3.30. The molecular weight excluding hydrogens is 276 g/mol. The number of rotatable bonds is 6. The number of nitrogens with zero attached hydrogens (tertiary/aromatic N) is 1. The van der Waals surface area contributed by atoms with Crippen molar-refractivity contribution in [2.24, 2.45) is 0 Å². The molecule has 3 rings (SSSR count). The molecule has 0 atom stereocenters. The molecule has 1 heterocycles. The van der Waals surface area contributed by atoms with Crippen molar-refractivity contribution in [1.82, 2.24) is 0 Å². The van der Waals surface area contributed by atoms with E-state index in [1.165, 1.54) is 0 Å². The highest BCUT2D eigenvalue weighted by Gasteiger charge is 2.12. The van der Waals surface area contributed by atoms with Gasteiger partial charge in [-0.25, -0.2) is 0 Å². The maximum Gasteiger partial charge on any atom is 0.214 e. The topological polar surface area (TPSA) is 45.5 Å². The van der Waals surface area contributed by atoms with Gasteiger partial charge in [-0.3, -0.25) is 4.79 Å². The SMILES string of the molecule is O=CN(Cc1ccco1)c1ccccc1Nc1ccccc1. The molecule has 3 aromatic rings.